The Labute approximate surface area is 126 Å². The van der Waals surface area contributed by atoms with Crippen LogP contribution in [-0.4, -0.2) is 36.0 Å². The fraction of sp³-hybridized carbons (Fsp3) is 0.500. The first-order valence-electron chi connectivity index (χ1n) is 7.72. The van der Waals surface area contributed by atoms with Crippen LogP contribution in [-0.2, 0) is 16.1 Å². The number of ketones is 1. The van der Waals surface area contributed by atoms with Crippen LogP contribution in [0.3, 0.4) is 0 Å². The fourth-order valence-electron chi connectivity index (χ4n) is 3.60. The molecule has 0 radical (unpaired) electrons. The first-order valence-corrected chi connectivity index (χ1v) is 7.72. The Bertz CT molecular complexity index is 511. The number of allylic oxidation sites excluding steroid dienone is 1. The normalized spacial score (nSPS) is 29.1. The molecular formula is C18H23NO2. The number of ether oxygens (including phenoxy) is 1. The van der Waals surface area contributed by atoms with Gasteiger partial charge in [0.15, 0.2) is 5.78 Å². The van der Waals surface area contributed by atoms with E-state index in [1.54, 1.807) is 0 Å². The molecule has 1 aromatic carbocycles. The molecule has 112 valence electrons. The molecule has 2 unspecified atom stereocenters. The largest absolute Gasteiger partial charge is 0.378 e. The number of fused-ring (bicyclic) bond motifs is 2. The van der Waals surface area contributed by atoms with Crippen LogP contribution in [0.15, 0.2) is 42.5 Å². The highest BCUT2D eigenvalue weighted by Crippen LogP contribution is 2.34. The van der Waals surface area contributed by atoms with Crippen molar-refractivity contribution in [1.82, 2.24) is 4.90 Å². The van der Waals surface area contributed by atoms with Crippen molar-refractivity contribution in [2.24, 2.45) is 5.92 Å². The minimum absolute atomic E-state index is 0.133. The number of benzene rings is 1. The molecule has 2 heterocycles. The van der Waals surface area contributed by atoms with Gasteiger partial charge < -0.3 is 4.74 Å². The van der Waals surface area contributed by atoms with Gasteiger partial charge in [0.2, 0.25) is 0 Å². The lowest BCUT2D eigenvalue weighted by molar-refractivity contribution is -0.130. The lowest BCUT2D eigenvalue weighted by atomic mass is 9.80. The highest BCUT2D eigenvalue weighted by Gasteiger charge is 2.41. The lowest BCUT2D eigenvalue weighted by Crippen LogP contribution is -2.57. The first-order chi connectivity index (χ1) is 10.1. The summed E-state index contributed by atoms with van der Waals surface area (Å²) in [6, 6.07) is 11.3. The maximum Gasteiger partial charge on any atom is 0.161 e. The van der Waals surface area contributed by atoms with E-state index in [0.29, 0.717) is 17.7 Å². The summed E-state index contributed by atoms with van der Waals surface area (Å²) in [5, 5.41) is 0. The quantitative estimate of drug-likeness (QED) is 0.797. The zero-order valence-corrected chi connectivity index (χ0v) is 12.6. The topological polar surface area (TPSA) is 29.5 Å². The number of hydrogen-bond acceptors (Lipinski definition) is 3. The Kier molecular flexibility index (Phi) is 4.22. The van der Waals surface area contributed by atoms with Gasteiger partial charge in [-0.15, -0.1) is 0 Å². The van der Waals surface area contributed by atoms with Crippen LogP contribution in [0.5, 0.6) is 0 Å². The highest BCUT2D eigenvalue weighted by atomic mass is 16.5. The highest BCUT2D eigenvalue weighted by molar-refractivity contribution is 5.96. The molecule has 21 heavy (non-hydrogen) atoms. The van der Waals surface area contributed by atoms with Gasteiger partial charge in [0.25, 0.3) is 0 Å². The van der Waals surface area contributed by atoms with Gasteiger partial charge in [0, 0.05) is 24.5 Å². The van der Waals surface area contributed by atoms with Gasteiger partial charge in [0.05, 0.1) is 13.2 Å². The molecule has 2 aliphatic rings. The molecule has 3 rings (SSSR count). The van der Waals surface area contributed by atoms with Gasteiger partial charge in [0.1, 0.15) is 0 Å². The second-order valence-corrected chi connectivity index (χ2v) is 6.32. The molecule has 0 spiro atoms. The second-order valence-electron chi connectivity index (χ2n) is 6.32. The molecule has 0 amide bonds. The number of rotatable bonds is 4. The number of Topliss-reactive ketones (excluding diaryl/α,β-unsaturated/α-hetero) is 1. The van der Waals surface area contributed by atoms with Crippen molar-refractivity contribution >= 4 is 5.78 Å². The zero-order chi connectivity index (χ0) is 14.8. The Morgan fingerprint density at radius 3 is 2.43 bits per heavy atom. The molecule has 2 saturated heterocycles. The standard InChI is InChI=1S/C18H23NO2/c1-13(2)18(20)15-8-16-11-21-12-17(9-15)19(16)10-14-6-4-3-5-7-14/h3-7,15-17H,1,8-12H2,2H3. The number of piperidine rings is 1. The van der Waals surface area contributed by atoms with Crippen LogP contribution < -0.4 is 0 Å². The first kappa shape index (κ1) is 14.5. The molecule has 2 bridgehead atoms. The van der Waals surface area contributed by atoms with Gasteiger partial charge >= 0.3 is 0 Å². The van der Waals surface area contributed by atoms with Crippen LogP contribution in [0, 0.1) is 5.92 Å². The third-order valence-corrected chi connectivity index (χ3v) is 4.67. The van der Waals surface area contributed by atoms with Crippen LogP contribution >= 0.6 is 0 Å². The molecule has 0 saturated carbocycles. The average Bonchev–Trinajstić information content (AvgIpc) is 2.47. The number of nitrogens with zero attached hydrogens (tertiary/aromatic N) is 1. The van der Waals surface area contributed by atoms with E-state index in [1.165, 1.54) is 5.56 Å². The van der Waals surface area contributed by atoms with Crippen LogP contribution in [0.1, 0.15) is 25.3 Å². The third kappa shape index (κ3) is 3.09. The van der Waals surface area contributed by atoms with Crippen LogP contribution in [0.4, 0.5) is 0 Å². The molecule has 2 atom stereocenters. The fourth-order valence-corrected chi connectivity index (χ4v) is 3.60. The summed E-state index contributed by atoms with van der Waals surface area (Å²) >= 11 is 0. The summed E-state index contributed by atoms with van der Waals surface area (Å²) in [4.78, 5) is 14.8. The molecule has 0 N–H and O–H groups in total. The minimum Gasteiger partial charge on any atom is -0.378 e. The number of carbonyl (C=O) groups is 1. The van der Waals surface area contributed by atoms with E-state index in [4.69, 9.17) is 4.74 Å². The van der Waals surface area contributed by atoms with E-state index in [0.717, 1.165) is 32.6 Å². The van der Waals surface area contributed by atoms with E-state index < -0.39 is 0 Å². The Balaban J connectivity index is 1.73. The summed E-state index contributed by atoms with van der Waals surface area (Å²) in [5.41, 5.74) is 2.02. The molecule has 2 fully saturated rings. The Morgan fingerprint density at radius 1 is 1.24 bits per heavy atom. The summed E-state index contributed by atoms with van der Waals surface area (Å²) in [6.07, 6.45) is 1.80. The van der Waals surface area contributed by atoms with Gasteiger partial charge in [-0.25, -0.2) is 0 Å². The molecule has 2 aliphatic heterocycles. The van der Waals surface area contributed by atoms with E-state index in [2.05, 4.69) is 35.7 Å². The van der Waals surface area contributed by atoms with Crippen LogP contribution in [0.25, 0.3) is 0 Å². The number of carbonyl (C=O) groups excluding carboxylic acids is 1. The maximum absolute atomic E-state index is 12.2. The molecule has 1 aromatic rings. The van der Waals surface area contributed by atoms with Crippen molar-refractivity contribution in [1.29, 1.82) is 0 Å². The molecular weight excluding hydrogens is 262 g/mol. The molecule has 0 aromatic heterocycles. The van der Waals surface area contributed by atoms with Crippen molar-refractivity contribution in [3.63, 3.8) is 0 Å². The third-order valence-electron chi connectivity index (χ3n) is 4.67. The predicted octanol–water partition coefficient (Wildman–Crippen LogP) is 2.81. The van der Waals surface area contributed by atoms with E-state index >= 15 is 0 Å². The summed E-state index contributed by atoms with van der Waals surface area (Å²) in [5.74, 6) is 0.375. The molecule has 0 aliphatic carbocycles. The predicted molar refractivity (Wildman–Crippen MR) is 82.9 cm³/mol. The van der Waals surface area contributed by atoms with E-state index in [9.17, 15) is 4.79 Å². The van der Waals surface area contributed by atoms with E-state index in [1.807, 2.05) is 13.0 Å². The Morgan fingerprint density at radius 2 is 1.86 bits per heavy atom. The van der Waals surface area contributed by atoms with Gasteiger partial charge in [-0.05, 0) is 30.9 Å². The summed E-state index contributed by atoms with van der Waals surface area (Å²) in [6.45, 7) is 8.07. The van der Waals surface area contributed by atoms with Crippen LogP contribution in [0.2, 0.25) is 0 Å². The van der Waals surface area contributed by atoms with Crippen molar-refractivity contribution in [2.45, 2.75) is 38.4 Å². The minimum atomic E-state index is 0.133. The van der Waals surface area contributed by atoms with Crippen molar-refractivity contribution in [2.75, 3.05) is 13.2 Å². The molecule has 3 nitrogen and oxygen atoms in total. The SMILES string of the molecule is C=C(C)C(=O)C1CC2COCC(C1)N2Cc1ccccc1. The van der Waals surface area contributed by atoms with E-state index in [-0.39, 0.29) is 11.7 Å². The smallest absolute Gasteiger partial charge is 0.161 e. The van der Waals surface area contributed by atoms with Gasteiger partial charge in [-0.1, -0.05) is 36.9 Å². The van der Waals surface area contributed by atoms with Gasteiger partial charge in [-0.2, -0.15) is 0 Å². The second kappa shape index (κ2) is 6.12. The Hall–Kier alpha value is -1.45. The summed E-state index contributed by atoms with van der Waals surface area (Å²) in [7, 11) is 0. The monoisotopic (exact) mass is 285 g/mol. The van der Waals surface area contributed by atoms with Gasteiger partial charge in [-0.3, -0.25) is 9.69 Å². The summed E-state index contributed by atoms with van der Waals surface area (Å²) < 4.78 is 5.72. The molecule has 3 heteroatoms. The maximum atomic E-state index is 12.2. The lowest BCUT2D eigenvalue weighted by Gasteiger charge is -2.48. The van der Waals surface area contributed by atoms with Crippen molar-refractivity contribution in [3.8, 4) is 0 Å². The number of morpholine rings is 1. The average molecular weight is 285 g/mol. The van der Waals surface area contributed by atoms with Crippen molar-refractivity contribution < 1.29 is 9.53 Å². The van der Waals surface area contributed by atoms with Crippen molar-refractivity contribution in [3.05, 3.63) is 48.0 Å². The zero-order valence-electron chi connectivity index (χ0n) is 12.6. The number of hydrogen-bond donors (Lipinski definition) is 0.